The molecule has 0 N–H and O–H groups in total. The minimum absolute atomic E-state index is 0.432. The first-order valence-electron chi connectivity index (χ1n) is 9.72. The Hall–Kier alpha value is -1.46. The number of ether oxygens (including phenoxy) is 1. The molecule has 0 spiro atoms. The van der Waals surface area contributed by atoms with Crippen LogP contribution in [0.1, 0.15) is 43.7 Å². The molecule has 2 aromatic carbocycles. The van der Waals surface area contributed by atoms with Gasteiger partial charge in [-0.05, 0) is 56.6 Å². The molecule has 0 saturated heterocycles. The summed E-state index contributed by atoms with van der Waals surface area (Å²) in [5, 5.41) is 1.63. The lowest BCUT2D eigenvalue weighted by Crippen LogP contribution is -2.12. The van der Waals surface area contributed by atoms with E-state index in [1.54, 1.807) is 6.07 Å². The Bertz CT molecular complexity index is 1030. The predicted octanol–water partition coefficient (Wildman–Crippen LogP) is 7.29. The molecule has 1 heterocycles. The molecular formula is C22H26Cl3N3O. The van der Waals surface area contributed by atoms with Gasteiger partial charge >= 0.3 is 6.01 Å². The molecule has 0 unspecified atom stereocenters. The highest BCUT2D eigenvalue weighted by Gasteiger charge is 2.21. The molecule has 4 nitrogen and oxygen atoms in total. The molecule has 0 fully saturated rings. The van der Waals surface area contributed by atoms with Gasteiger partial charge in [-0.15, -0.1) is 0 Å². The van der Waals surface area contributed by atoms with Gasteiger partial charge < -0.3 is 9.64 Å². The molecule has 0 saturated carbocycles. The number of halogens is 3. The smallest absolute Gasteiger partial charge is 0.302 e. The molecule has 0 aliphatic heterocycles. The zero-order valence-corrected chi connectivity index (χ0v) is 19.7. The second-order valence-electron chi connectivity index (χ2n) is 7.52. The molecule has 0 aliphatic carbocycles. The number of rotatable bonds is 7. The second-order valence-corrected chi connectivity index (χ2v) is 8.77. The summed E-state index contributed by atoms with van der Waals surface area (Å²) in [7, 11) is 5.91. The van der Waals surface area contributed by atoms with Crippen LogP contribution in [0.3, 0.4) is 0 Å². The zero-order valence-electron chi connectivity index (χ0n) is 17.4. The van der Waals surface area contributed by atoms with Gasteiger partial charge in [0.2, 0.25) is 0 Å². The van der Waals surface area contributed by atoms with Crippen molar-refractivity contribution in [3.05, 3.63) is 50.5 Å². The van der Waals surface area contributed by atoms with Crippen LogP contribution in [0.2, 0.25) is 15.1 Å². The summed E-state index contributed by atoms with van der Waals surface area (Å²) >= 11 is 19.2. The van der Waals surface area contributed by atoms with Crippen LogP contribution in [0.5, 0.6) is 11.8 Å². The Morgan fingerprint density at radius 1 is 1.07 bits per heavy atom. The Balaban J connectivity index is 2.15. The van der Waals surface area contributed by atoms with E-state index in [9.17, 15) is 0 Å². The van der Waals surface area contributed by atoms with Crippen molar-refractivity contribution in [1.29, 1.82) is 0 Å². The summed E-state index contributed by atoms with van der Waals surface area (Å²) in [5.41, 5.74) is 3.87. The van der Waals surface area contributed by atoms with Gasteiger partial charge in [0, 0.05) is 24.2 Å². The first-order chi connectivity index (χ1) is 13.8. The second kappa shape index (κ2) is 9.13. The van der Waals surface area contributed by atoms with Crippen LogP contribution in [0.25, 0.3) is 11.0 Å². The highest BCUT2D eigenvalue weighted by molar-refractivity contribution is 6.36. The Kier molecular flexibility index (Phi) is 7.00. The summed E-state index contributed by atoms with van der Waals surface area (Å²) in [6, 6.07) is 8.02. The zero-order chi connectivity index (χ0) is 21.3. The van der Waals surface area contributed by atoms with Crippen molar-refractivity contribution in [2.75, 3.05) is 14.1 Å². The number of aromatic nitrogens is 2. The summed E-state index contributed by atoms with van der Waals surface area (Å²) in [6.45, 7) is 5.03. The molecule has 0 amide bonds. The summed E-state index contributed by atoms with van der Waals surface area (Å²) in [5.74, 6) is 0.991. The van der Waals surface area contributed by atoms with Gasteiger partial charge in [0.05, 0.1) is 15.6 Å². The van der Waals surface area contributed by atoms with Crippen molar-refractivity contribution in [3.8, 4) is 11.8 Å². The number of imidazole rings is 1. The lowest BCUT2D eigenvalue weighted by molar-refractivity contribution is 0.378. The van der Waals surface area contributed by atoms with Gasteiger partial charge in [0.1, 0.15) is 5.52 Å². The molecule has 156 valence electrons. The first-order valence-corrected chi connectivity index (χ1v) is 10.8. The molecular weight excluding hydrogens is 429 g/mol. The van der Waals surface area contributed by atoms with Crippen molar-refractivity contribution < 1.29 is 4.74 Å². The first kappa shape index (κ1) is 22.2. The SMILES string of the molecule is CCC(CC)c1ccc(Cl)c2nc(Oc3c(Cl)cc(Cl)cc3CN(C)C)n(C)c12. The number of fused-ring (bicyclic) bond motifs is 1. The van der Waals surface area contributed by atoms with Crippen LogP contribution in [-0.4, -0.2) is 28.5 Å². The molecule has 0 aliphatic rings. The van der Waals surface area contributed by atoms with Crippen LogP contribution in [-0.2, 0) is 13.6 Å². The molecule has 3 rings (SSSR count). The number of aryl methyl sites for hydroxylation is 1. The average Bonchev–Trinajstić information content (AvgIpc) is 2.98. The van der Waals surface area contributed by atoms with Gasteiger partial charge in [-0.1, -0.05) is 54.7 Å². The van der Waals surface area contributed by atoms with Gasteiger partial charge in [0.15, 0.2) is 5.75 Å². The molecule has 0 radical (unpaired) electrons. The molecule has 29 heavy (non-hydrogen) atoms. The predicted molar refractivity (Wildman–Crippen MR) is 123 cm³/mol. The normalized spacial score (nSPS) is 11.8. The Labute approximate surface area is 187 Å². The van der Waals surface area contributed by atoms with E-state index in [1.165, 1.54) is 5.56 Å². The monoisotopic (exact) mass is 453 g/mol. The molecule has 7 heteroatoms. The lowest BCUT2D eigenvalue weighted by atomic mass is 9.93. The minimum Gasteiger partial charge on any atom is -0.424 e. The van der Waals surface area contributed by atoms with E-state index in [-0.39, 0.29) is 0 Å². The topological polar surface area (TPSA) is 30.3 Å². The van der Waals surface area contributed by atoms with Crippen molar-refractivity contribution >= 4 is 45.8 Å². The third-order valence-electron chi connectivity index (χ3n) is 5.15. The third-order valence-corrected chi connectivity index (χ3v) is 5.96. The standard InChI is InChI=1S/C22H26Cl3N3O/c1-6-13(7-2)16-8-9-17(24)19-20(16)28(5)22(26-19)29-21-14(12-27(3)4)10-15(23)11-18(21)25/h8-11,13H,6-7,12H2,1-5H3. The van der Waals surface area contributed by atoms with Crippen LogP contribution in [0, 0.1) is 0 Å². The van der Waals surface area contributed by atoms with E-state index in [4.69, 9.17) is 44.5 Å². The van der Waals surface area contributed by atoms with Gasteiger partial charge in [-0.2, -0.15) is 4.98 Å². The number of benzene rings is 2. The third kappa shape index (κ3) is 4.51. The maximum Gasteiger partial charge on any atom is 0.302 e. The lowest BCUT2D eigenvalue weighted by Gasteiger charge is -2.17. The maximum atomic E-state index is 6.49. The van der Waals surface area contributed by atoms with Crippen LogP contribution in [0.15, 0.2) is 24.3 Å². The highest BCUT2D eigenvalue weighted by atomic mass is 35.5. The Morgan fingerprint density at radius 2 is 1.76 bits per heavy atom. The van der Waals surface area contributed by atoms with E-state index in [2.05, 4.69) is 19.9 Å². The van der Waals surface area contributed by atoms with E-state index in [0.29, 0.717) is 39.3 Å². The summed E-state index contributed by atoms with van der Waals surface area (Å²) in [6.07, 6.45) is 2.09. The number of hydrogen-bond acceptors (Lipinski definition) is 3. The van der Waals surface area contributed by atoms with Crippen molar-refractivity contribution in [2.24, 2.45) is 7.05 Å². The van der Waals surface area contributed by atoms with Gasteiger partial charge in [0.25, 0.3) is 0 Å². The van der Waals surface area contributed by atoms with Crippen LogP contribution < -0.4 is 4.74 Å². The quantitative estimate of drug-likeness (QED) is 0.375. The maximum absolute atomic E-state index is 6.49. The van der Waals surface area contributed by atoms with Gasteiger partial charge in [-0.25, -0.2) is 0 Å². The van der Waals surface area contributed by atoms with E-state index >= 15 is 0 Å². The Morgan fingerprint density at radius 3 is 2.38 bits per heavy atom. The van der Waals surface area contributed by atoms with Crippen LogP contribution in [0.4, 0.5) is 0 Å². The number of hydrogen-bond donors (Lipinski definition) is 0. The molecule has 1 aromatic heterocycles. The molecule has 0 bridgehead atoms. The van der Waals surface area contributed by atoms with E-state index in [0.717, 1.165) is 29.4 Å². The minimum atomic E-state index is 0.432. The van der Waals surface area contributed by atoms with Crippen molar-refractivity contribution in [2.45, 2.75) is 39.2 Å². The van der Waals surface area contributed by atoms with Gasteiger partial charge in [-0.3, -0.25) is 4.57 Å². The summed E-state index contributed by atoms with van der Waals surface area (Å²) < 4.78 is 8.20. The number of nitrogens with zero attached hydrogens (tertiary/aromatic N) is 3. The van der Waals surface area contributed by atoms with Crippen LogP contribution >= 0.6 is 34.8 Å². The van der Waals surface area contributed by atoms with Crippen molar-refractivity contribution in [3.63, 3.8) is 0 Å². The highest BCUT2D eigenvalue weighted by Crippen LogP contribution is 2.39. The van der Waals surface area contributed by atoms with E-state index in [1.807, 2.05) is 42.7 Å². The summed E-state index contributed by atoms with van der Waals surface area (Å²) in [4.78, 5) is 6.74. The fraction of sp³-hybridized carbons (Fsp3) is 0.409. The molecule has 0 atom stereocenters. The fourth-order valence-electron chi connectivity index (χ4n) is 3.72. The average molecular weight is 455 g/mol. The largest absolute Gasteiger partial charge is 0.424 e. The van der Waals surface area contributed by atoms with E-state index < -0.39 is 0 Å². The fourth-order valence-corrected chi connectivity index (χ4v) is 4.49. The molecule has 3 aromatic rings. The van der Waals surface area contributed by atoms with Crippen molar-refractivity contribution in [1.82, 2.24) is 14.5 Å².